The van der Waals surface area contributed by atoms with Crippen molar-refractivity contribution in [3.63, 3.8) is 0 Å². The second kappa shape index (κ2) is 7.97. The molecule has 0 N–H and O–H groups in total. The van der Waals surface area contributed by atoms with Crippen molar-refractivity contribution in [3.8, 4) is 5.69 Å². The third-order valence-corrected chi connectivity index (χ3v) is 5.45. The number of carbonyl (C=O) groups excluding carboxylic acids is 1. The number of hydrogen-bond acceptors (Lipinski definition) is 6. The van der Waals surface area contributed by atoms with Crippen LogP contribution in [0.1, 0.15) is 21.9 Å². The monoisotopic (exact) mass is 406 g/mol. The number of fused-ring (bicyclic) bond motifs is 1. The summed E-state index contributed by atoms with van der Waals surface area (Å²) in [7, 11) is 1.30. The first-order valence-corrected chi connectivity index (χ1v) is 9.94. The lowest BCUT2D eigenvalue weighted by molar-refractivity contribution is 0.0563. The lowest BCUT2D eigenvalue weighted by Crippen LogP contribution is -2.22. The van der Waals surface area contributed by atoms with Gasteiger partial charge in [-0.25, -0.2) is 9.78 Å². The molecule has 0 spiro atoms. The number of aryl methyl sites for hydroxylation is 1. The molecule has 4 rings (SSSR count). The van der Waals surface area contributed by atoms with Gasteiger partial charge in [0.2, 0.25) is 5.76 Å². The summed E-state index contributed by atoms with van der Waals surface area (Å²) in [5.74, 6) is 0.620. The first-order chi connectivity index (χ1) is 14.1. The van der Waals surface area contributed by atoms with Crippen LogP contribution in [-0.4, -0.2) is 22.6 Å². The van der Waals surface area contributed by atoms with E-state index in [9.17, 15) is 9.59 Å². The Bertz CT molecular complexity index is 1260. The van der Waals surface area contributed by atoms with Crippen molar-refractivity contribution in [2.45, 2.75) is 17.8 Å². The number of carbonyl (C=O) groups is 1. The summed E-state index contributed by atoms with van der Waals surface area (Å²) in [6.07, 6.45) is 0. The molecule has 0 amide bonds. The quantitative estimate of drug-likeness (QED) is 0.278. The van der Waals surface area contributed by atoms with Crippen LogP contribution in [-0.2, 0) is 10.5 Å². The zero-order valence-electron chi connectivity index (χ0n) is 15.9. The summed E-state index contributed by atoms with van der Waals surface area (Å²) < 4.78 is 11.8. The van der Waals surface area contributed by atoms with Gasteiger partial charge >= 0.3 is 5.97 Å². The Morgan fingerprint density at radius 3 is 2.66 bits per heavy atom. The van der Waals surface area contributed by atoms with Gasteiger partial charge in [-0.2, -0.15) is 0 Å². The predicted octanol–water partition coefficient (Wildman–Crippen LogP) is 4.37. The van der Waals surface area contributed by atoms with Gasteiger partial charge in [0.1, 0.15) is 5.76 Å². The van der Waals surface area contributed by atoms with E-state index in [1.54, 1.807) is 22.8 Å². The van der Waals surface area contributed by atoms with Crippen LogP contribution >= 0.6 is 11.8 Å². The van der Waals surface area contributed by atoms with Crippen molar-refractivity contribution in [2.75, 3.05) is 7.11 Å². The summed E-state index contributed by atoms with van der Waals surface area (Å²) in [5.41, 5.74) is 2.27. The Morgan fingerprint density at radius 2 is 1.86 bits per heavy atom. The molecule has 29 heavy (non-hydrogen) atoms. The van der Waals surface area contributed by atoms with Gasteiger partial charge < -0.3 is 9.15 Å². The van der Waals surface area contributed by atoms with Gasteiger partial charge in [-0.05, 0) is 42.8 Å². The maximum Gasteiger partial charge on any atom is 0.373 e. The number of para-hydroxylation sites is 2. The van der Waals surface area contributed by atoms with E-state index in [0.29, 0.717) is 27.6 Å². The van der Waals surface area contributed by atoms with E-state index >= 15 is 0 Å². The molecule has 0 unspecified atom stereocenters. The van der Waals surface area contributed by atoms with Crippen LogP contribution in [0.4, 0.5) is 0 Å². The van der Waals surface area contributed by atoms with Crippen LogP contribution in [0.25, 0.3) is 16.6 Å². The number of aromatic nitrogens is 2. The highest BCUT2D eigenvalue weighted by Gasteiger charge is 2.16. The number of nitrogens with zero attached hydrogens (tertiary/aromatic N) is 2. The molecule has 0 atom stereocenters. The molecule has 0 radical (unpaired) electrons. The molecule has 0 fully saturated rings. The van der Waals surface area contributed by atoms with Gasteiger partial charge in [0, 0.05) is 0 Å². The Balaban J connectivity index is 1.78. The molecule has 146 valence electrons. The highest BCUT2D eigenvalue weighted by Crippen LogP contribution is 2.26. The third kappa shape index (κ3) is 3.69. The molecule has 2 aromatic carbocycles. The molecule has 0 saturated carbocycles. The maximum atomic E-state index is 13.3. The number of hydrogen-bond donors (Lipinski definition) is 0. The standard InChI is InChI=1S/C22H18N2O4S/c1-14-7-3-6-10-18(14)24-20(25)16-8-4-5-9-17(16)23-22(24)29-13-15-11-12-19(28-15)21(26)27-2/h3-12H,13H2,1-2H3. The Morgan fingerprint density at radius 1 is 1.10 bits per heavy atom. The lowest BCUT2D eigenvalue weighted by atomic mass is 10.2. The number of thioether (sulfide) groups is 1. The highest BCUT2D eigenvalue weighted by molar-refractivity contribution is 7.98. The maximum absolute atomic E-state index is 13.3. The van der Waals surface area contributed by atoms with Crippen molar-refractivity contribution in [1.29, 1.82) is 0 Å². The molecule has 6 nitrogen and oxygen atoms in total. The first kappa shape index (κ1) is 19.0. The van der Waals surface area contributed by atoms with Gasteiger partial charge in [0.15, 0.2) is 5.16 Å². The Kier molecular flexibility index (Phi) is 5.22. The van der Waals surface area contributed by atoms with Crippen LogP contribution in [0.2, 0.25) is 0 Å². The van der Waals surface area contributed by atoms with Crippen LogP contribution in [0, 0.1) is 6.92 Å². The van der Waals surface area contributed by atoms with Crippen molar-refractivity contribution in [2.24, 2.45) is 0 Å². The summed E-state index contributed by atoms with van der Waals surface area (Å²) in [4.78, 5) is 29.6. The van der Waals surface area contributed by atoms with E-state index in [2.05, 4.69) is 4.74 Å². The van der Waals surface area contributed by atoms with E-state index in [-0.39, 0.29) is 11.3 Å². The fourth-order valence-electron chi connectivity index (χ4n) is 3.04. The number of benzene rings is 2. The van der Waals surface area contributed by atoms with Gasteiger partial charge in [-0.1, -0.05) is 42.1 Å². The number of ether oxygens (including phenoxy) is 1. The normalized spacial score (nSPS) is 11.0. The second-order valence-electron chi connectivity index (χ2n) is 6.38. The summed E-state index contributed by atoms with van der Waals surface area (Å²) in [6, 6.07) is 18.3. The second-order valence-corrected chi connectivity index (χ2v) is 7.33. The molecule has 0 saturated heterocycles. The minimum Gasteiger partial charge on any atom is -0.463 e. The zero-order valence-corrected chi connectivity index (χ0v) is 16.7. The fourth-order valence-corrected chi connectivity index (χ4v) is 3.94. The van der Waals surface area contributed by atoms with Crippen LogP contribution < -0.4 is 5.56 Å². The smallest absolute Gasteiger partial charge is 0.373 e. The molecule has 2 aromatic heterocycles. The number of rotatable bonds is 5. The average Bonchev–Trinajstić information content (AvgIpc) is 3.22. The number of esters is 1. The highest BCUT2D eigenvalue weighted by atomic mass is 32.2. The van der Waals surface area contributed by atoms with Crippen molar-refractivity contribution >= 4 is 28.6 Å². The van der Waals surface area contributed by atoms with Gasteiger partial charge in [0.25, 0.3) is 5.56 Å². The minimum absolute atomic E-state index is 0.123. The Labute approximate surface area is 171 Å². The van der Waals surface area contributed by atoms with Crippen molar-refractivity contribution in [3.05, 3.63) is 88.1 Å². The molecular formula is C22H18N2O4S. The summed E-state index contributed by atoms with van der Waals surface area (Å²) in [5, 5.41) is 1.12. The van der Waals surface area contributed by atoms with E-state index in [4.69, 9.17) is 9.40 Å². The number of furan rings is 1. The van der Waals surface area contributed by atoms with E-state index in [1.165, 1.54) is 18.9 Å². The topological polar surface area (TPSA) is 74.3 Å². The molecule has 0 aliphatic rings. The third-order valence-electron chi connectivity index (χ3n) is 4.49. The first-order valence-electron chi connectivity index (χ1n) is 8.96. The molecular weight excluding hydrogens is 388 g/mol. The van der Waals surface area contributed by atoms with Crippen molar-refractivity contribution in [1.82, 2.24) is 9.55 Å². The zero-order chi connectivity index (χ0) is 20.4. The van der Waals surface area contributed by atoms with E-state index in [1.807, 2.05) is 49.4 Å². The van der Waals surface area contributed by atoms with Crippen LogP contribution in [0.5, 0.6) is 0 Å². The van der Waals surface area contributed by atoms with Gasteiger partial charge in [0.05, 0.1) is 29.5 Å². The van der Waals surface area contributed by atoms with Crippen LogP contribution in [0.3, 0.4) is 0 Å². The molecule has 0 bridgehead atoms. The predicted molar refractivity (Wildman–Crippen MR) is 112 cm³/mol. The molecule has 4 aromatic rings. The molecule has 7 heteroatoms. The molecule has 0 aliphatic heterocycles. The molecule has 0 aliphatic carbocycles. The van der Waals surface area contributed by atoms with Crippen molar-refractivity contribution < 1.29 is 13.9 Å². The minimum atomic E-state index is -0.526. The van der Waals surface area contributed by atoms with E-state index < -0.39 is 5.97 Å². The Hall–Kier alpha value is -3.32. The summed E-state index contributed by atoms with van der Waals surface area (Å²) in [6.45, 7) is 1.96. The largest absolute Gasteiger partial charge is 0.463 e. The van der Waals surface area contributed by atoms with Gasteiger partial charge in [-0.3, -0.25) is 9.36 Å². The summed E-state index contributed by atoms with van der Waals surface area (Å²) >= 11 is 1.37. The number of methoxy groups -OCH3 is 1. The van der Waals surface area contributed by atoms with Crippen LogP contribution in [0.15, 0.2) is 75.0 Å². The van der Waals surface area contributed by atoms with Gasteiger partial charge in [-0.15, -0.1) is 0 Å². The molecule has 2 heterocycles. The van der Waals surface area contributed by atoms with E-state index in [0.717, 1.165) is 11.3 Å². The average molecular weight is 406 g/mol. The fraction of sp³-hybridized carbons (Fsp3) is 0.136. The lowest BCUT2D eigenvalue weighted by Gasteiger charge is -2.14. The SMILES string of the molecule is COC(=O)c1ccc(CSc2nc3ccccc3c(=O)n2-c2ccccc2C)o1.